The van der Waals surface area contributed by atoms with Crippen molar-refractivity contribution in [3.8, 4) is 0 Å². The molecule has 100 valence electrons. The predicted molar refractivity (Wildman–Crippen MR) is 70.2 cm³/mol. The highest BCUT2D eigenvalue weighted by molar-refractivity contribution is 4.86. The molecule has 0 radical (unpaired) electrons. The molecule has 0 aromatic carbocycles. The minimum Gasteiger partial charge on any atom is -0.395 e. The maximum Gasteiger partial charge on any atom is 0.0597 e. The van der Waals surface area contributed by atoms with Gasteiger partial charge in [-0.2, -0.15) is 0 Å². The molecule has 4 nitrogen and oxygen atoms in total. The molecule has 2 rings (SSSR count). The van der Waals surface area contributed by atoms with Crippen molar-refractivity contribution in [2.75, 3.05) is 46.4 Å². The summed E-state index contributed by atoms with van der Waals surface area (Å²) < 4.78 is 0. The molecule has 2 heterocycles. The number of aliphatic hydroxyl groups is 1. The van der Waals surface area contributed by atoms with E-state index in [-0.39, 0.29) is 12.6 Å². The van der Waals surface area contributed by atoms with Gasteiger partial charge in [0.2, 0.25) is 0 Å². The van der Waals surface area contributed by atoms with Crippen LogP contribution in [0.2, 0.25) is 0 Å². The van der Waals surface area contributed by atoms with Crippen molar-refractivity contribution in [2.45, 2.75) is 37.8 Å². The zero-order valence-electron chi connectivity index (χ0n) is 11.1. The van der Waals surface area contributed by atoms with Gasteiger partial charge in [0.25, 0.3) is 0 Å². The van der Waals surface area contributed by atoms with E-state index in [0.29, 0.717) is 0 Å². The minimum atomic E-state index is 0.232. The number of hydrogen-bond donors (Lipinski definition) is 2. The molecule has 2 fully saturated rings. The van der Waals surface area contributed by atoms with E-state index < -0.39 is 0 Å². The average molecular weight is 241 g/mol. The first-order valence-electron chi connectivity index (χ1n) is 7.08. The summed E-state index contributed by atoms with van der Waals surface area (Å²) in [5, 5.41) is 12.4. The minimum absolute atomic E-state index is 0.232. The third kappa shape index (κ3) is 3.65. The highest BCUT2D eigenvalue weighted by Gasteiger charge is 2.29. The number of rotatable bonds is 5. The van der Waals surface area contributed by atoms with Crippen molar-refractivity contribution in [1.82, 2.24) is 15.1 Å². The lowest BCUT2D eigenvalue weighted by molar-refractivity contribution is 0.154. The van der Waals surface area contributed by atoms with Crippen molar-refractivity contribution in [1.29, 1.82) is 0 Å². The molecule has 2 aliphatic heterocycles. The first-order valence-corrected chi connectivity index (χ1v) is 7.08. The standard InChI is InChI=1S/C13H27N3O/c1-14-12(11-17)9-15-8-5-13(10-15)16-6-3-2-4-7-16/h12-14,17H,2-11H2,1H3. The Kier molecular flexibility index (Phi) is 5.22. The Hall–Kier alpha value is -0.160. The van der Waals surface area contributed by atoms with Gasteiger partial charge in [0.05, 0.1) is 6.61 Å². The fourth-order valence-corrected chi connectivity index (χ4v) is 3.11. The van der Waals surface area contributed by atoms with Crippen LogP contribution in [0.4, 0.5) is 0 Å². The number of likely N-dealkylation sites (N-methyl/N-ethyl adjacent to an activating group) is 1. The number of piperidine rings is 1. The molecule has 2 aliphatic rings. The lowest BCUT2D eigenvalue weighted by Gasteiger charge is -2.32. The van der Waals surface area contributed by atoms with E-state index in [1.807, 2.05) is 7.05 Å². The smallest absolute Gasteiger partial charge is 0.0597 e. The molecule has 4 heteroatoms. The van der Waals surface area contributed by atoms with E-state index in [1.54, 1.807) is 0 Å². The van der Waals surface area contributed by atoms with Gasteiger partial charge < -0.3 is 15.3 Å². The van der Waals surface area contributed by atoms with Crippen LogP contribution in [-0.4, -0.2) is 73.4 Å². The van der Waals surface area contributed by atoms with Gasteiger partial charge in [0.1, 0.15) is 0 Å². The van der Waals surface area contributed by atoms with Gasteiger partial charge in [-0.1, -0.05) is 6.42 Å². The van der Waals surface area contributed by atoms with Crippen LogP contribution in [0.5, 0.6) is 0 Å². The summed E-state index contributed by atoms with van der Waals surface area (Å²) in [6.45, 7) is 6.21. The molecule has 0 aliphatic carbocycles. The predicted octanol–water partition coefficient (Wildman–Crippen LogP) is 0.127. The Morgan fingerprint density at radius 1 is 1.24 bits per heavy atom. The molecular formula is C13H27N3O. The van der Waals surface area contributed by atoms with E-state index in [2.05, 4.69) is 15.1 Å². The first kappa shape index (κ1) is 13.3. The average Bonchev–Trinajstić information content (AvgIpc) is 2.85. The molecule has 0 spiro atoms. The molecule has 0 amide bonds. The van der Waals surface area contributed by atoms with Crippen LogP contribution in [0.1, 0.15) is 25.7 Å². The number of aliphatic hydroxyl groups excluding tert-OH is 1. The zero-order valence-corrected chi connectivity index (χ0v) is 11.1. The fourth-order valence-electron chi connectivity index (χ4n) is 3.11. The van der Waals surface area contributed by atoms with Crippen LogP contribution in [0.15, 0.2) is 0 Å². The van der Waals surface area contributed by atoms with E-state index in [1.165, 1.54) is 51.9 Å². The second kappa shape index (κ2) is 6.69. The van der Waals surface area contributed by atoms with Gasteiger partial charge in [-0.05, 0) is 45.9 Å². The molecule has 17 heavy (non-hydrogen) atoms. The van der Waals surface area contributed by atoms with E-state index in [4.69, 9.17) is 0 Å². The van der Waals surface area contributed by atoms with Crippen LogP contribution in [0, 0.1) is 0 Å². The summed E-state index contributed by atoms with van der Waals surface area (Å²) in [6, 6.07) is 1.00. The van der Waals surface area contributed by atoms with Gasteiger partial charge in [-0.15, -0.1) is 0 Å². The molecule has 0 bridgehead atoms. The third-order valence-corrected chi connectivity index (χ3v) is 4.26. The summed E-state index contributed by atoms with van der Waals surface area (Å²) >= 11 is 0. The Balaban J connectivity index is 1.74. The van der Waals surface area contributed by atoms with Crippen LogP contribution in [0.3, 0.4) is 0 Å². The van der Waals surface area contributed by atoms with Crippen molar-refractivity contribution in [3.05, 3.63) is 0 Å². The van der Waals surface area contributed by atoms with Crippen LogP contribution >= 0.6 is 0 Å². The molecule has 2 saturated heterocycles. The molecule has 2 unspecified atom stereocenters. The fraction of sp³-hybridized carbons (Fsp3) is 1.00. The van der Waals surface area contributed by atoms with Crippen molar-refractivity contribution in [3.63, 3.8) is 0 Å². The second-order valence-corrected chi connectivity index (χ2v) is 5.47. The van der Waals surface area contributed by atoms with Gasteiger partial charge >= 0.3 is 0 Å². The summed E-state index contributed by atoms with van der Waals surface area (Å²) in [4.78, 5) is 5.17. The van der Waals surface area contributed by atoms with E-state index in [0.717, 1.165) is 12.6 Å². The van der Waals surface area contributed by atoms with Crippen molar-refractivity contribution < 1.29 is 5.11 Å². The number of nitrogens with zero attached hydrogens (tertiary/aromatic N) is 2. The molecular weight excluding hydrogens is 214 g/mol. The lowest BCUT2D eigenvalue weighted by atomic mass is 10.1. The first-order chi connectivity index (χ1) is 8.33. The molecule has 0 aromatic heterocycles. The quantitative estimate of drug-likeness (QED) is 0.717. The number of hydrogen-bond acceptors (Lipinski definition) is 4. The number of nitrogens with one attached hydrogen (secondary N) is 1. The maximum atomic E-state index is 9.20. The monoisotopic (exact) mass is 241 g/mol. The second-order valence-electron chi connectivity index (χ2n) is 5.47. The Labute approximate surface area is 105 Å². The van der Waals surface area contributed by atoms with Gasteiger partial charge in [-0.3, -0.25) is 4.90 Å². The Morgan fingerprint density at radius 2 is 2.00 bits per heavy atom. The molecule has 0 aromatic rings. The topological polar surface area (TPSA) is 38.7 Å². The summed E-state index contributed by atoms with van der Waals surface area (Å²) in [7, 11) is 1.93. The van der Waals surface area contributed by atoms with Crippen molar-refractivity contribution in [2.24, 2.45) is 0 Å². The van der Waals surface area contributed by atoms with E-state index in [9.17, 15) is 5.11 Å². The van der Waals surface area contributed by atoms with Gasteiger partial charge in [0, 0.05) is 25.2 Å². The zero-order chi connectivity index (χ0) is 12.1. The van der Waals surface area contributed by atoms with Crippen LogP contribution < -0.4 is 5.32 Å². The third-order valence-electron chi connectivity index (χ3n) is 4.26. The van der Waals surface area contributed by atoms with Gasteiger partial charge in [-0.25, -0.2) is 0 Å². The number of likely N-dealkylation sites (tertiary alicyclic amines) is 2. The van der Waals surface area contributed by atoms with Crippen LogP contribution in [0.25, 0.3) is 0 Å². The summed E-state index contributed by atoms with van der Waals surface area (Å²) in [5.74, 6) is 0. The summed E-state index contributed by atoms with van der Waals surface area (Å²) in [6.07, 6.45) is 5.49. The highest BCUT2D eigenvalue weighted by atomic mass is 16.3. The van der Waals surface area contributed by atoms with E-state index >= 15 is 0 Å². The molecule has 2 N–H and O–H groups in total. The SMILES string of the molecule is CNC(CO)CN1CCC(N2CCCCC2)C1. The highest BCUT2D eigenvalue weighted by Crippen LogP contribution is 2.20. The summed E-state index contributed by atoms with van der Waals surface area (Å²) in [5.41, 5.74) is 0. The van der Waals surface area contributed by atoms with Crippen LogP contribution in [-0.2, 0) is 0 Å². The Bertz CT molecular complexity index is 215. The van der Waals surface area contributed by atoms with Crippen molar-refractivity contribution >= 4 is 0 Å². The largest absolute Gasteiger partial charge is 0.395 e. The van der Waals surface area contributed by atoms with Gasteiger partial charge in [0.15, 0.2) is 0 Å². The normalized spacial score (nSPS) is 29.6. The maximum absolute atomic E-state index is 9.20. The Morgan fingerprint density at radius 3 is 2.65 bits per heavy atom. The molecule has 0 saturated carbocycles. The molecule has 2 atom stereocenters. The lowest BCUT2D eigenvalue weighted by Crippen LogP contribution is -2.44.